The van der Waals surface area contributed by atoms with Crippen LogP contribution in [-0.4, -0.2) is 138 Å². The van der Waals surface area contributed by atoms with E-state index >= 15 is 0 Å². The summed E-state index contributed by atoms with van der Waals surface area (Å²) in [4.78, 5) is 113. The number of phosphoric ester groups is 1. The average molecular weight is 1270 g/mol. The Morgan fingerprint density at radius 3 is 2.08 bits per heavy atom. The molecule has 6 aliphatic heterocycles. The lowest BCUT2D eigenvalue weighted by Gasteiger charge is -2.48. The van der Waals surface area contributed by atoms with Crippen molar-refractivity contribution in [3.8, 4) is 0 Å². The van der Waals surface area contributed by atoms with E-state index in [0.29, 0.717) is 56.4 Å². The second-order valence-electron chi connectivity index (χ2n) is 27.2. The largest absolute Gasteiger partial charge is 0.472 e. The maximum Gasteiger partial charge on any atom is 0.472 e. The number of amides is 6. The summed E-state index contributed by atoms with van der Waals surface area (Å²) in [7, 11) is -5.06. The second kappa shape index (κ2) is 25.9. The summed E-state index contributed by atoms with van der Waals surface area (Å²) in [6.07, 6.45) is -5.11. The number of aliphatic imine (C=N–C) groups is 3. The minimum Gasteiger partial charge on any atom is -0.394 e. The van der Waals surface area contributed by atoms with E-state index in [1.807, 2.05) is 87.4 Å². The van der Waals surface area contributed by atoms with E-state index in [9.17, 15) is 53.5 Å². The molecule has 16 atom stereocenters. The smallest absolute Gasteiger partial charge is 0.394 e. The SMILES string of the molecule is CC1=C2N=C(C=C3N/C(=C(/C)C4=N[C@@](C)([C@@H]5N=C1[C@](C)(CCC(=O)NC[C@@H](C)OP(=O)(O)O[C@H]1[C@@H](O)[C@@H](n6cnc7cc(C)c(C)cc76)O[C@@H]1CO)[C@H]5CC(N)=O)[C@@](C)(CC(N)=O)[C@@H]4CCC(N)O)[C@@](C)(CC(N)=O)[C@@H]3CCC(N)=O)C(C)(C)[C@@H]2CCC(N)=O. The molecule has 1 aromatic carbocycles. The minimum absolute atomic E-state index is 0.000195. The predicted octanol–water partition coefficient (Wildman–Crippen LogP) is 2.96. The number of allylic oxidation sites excluding steroid dienone is 6. The van der Waals surface area contributed by atoms with Gasteiger partial charge in [0.25, 0.3) is 0 Å². The fourth-order valence-electron chi connectivity index (χ4n) is 15.5. The maximum absolute atomic E-state index is 14.4. The average Bonchev–Trinajstić information content (AvgIpc) is 1.53. The number of aliphatic hydroxyl groups is 3. The van der Waals surface area contributed by atoms with Crippen molar-refractivity contribution in [1.82, 2.24) is 20.2 Å². The van der Waals surface area contributed by atoms with Gasteiger partial charge in [-0.3, -0.25) is 52.8 Å². The first kappa shape index (κ1) is 69.3. The van der Waals surface area contributed by atoms with Crippen molar-refractivity contribution in [2.75, 3.05) is 13.2 Å². The molecule has 0 aliphatic carbocycles. The zero-order chi connectivity index (χ0) is 66.7. The third-order valence-electron chi connectivity index (χ3n) is 20.7. The number of nitrogens with two attached hydrogens (primary N) is 6. The number of ether oxygens (including phenoxy) is 1. The highest BCUT2D eigenvalue weighted by Gasteiger charge is 2.66. The molecule has 7 heterocycles. The van der Waals surface area contributed by atoms with Crippen LogP contribution in [0.2, 0.25) is 0 Å². The van der Waals surface area contributed by atoms with Gasteiger partial charge in [-0.05, 0) is 114 Å². The number of benzene rings is 1. The molecule has 0 radical (unpaired) electrons. The Balaban J connectivity index is 1.19. The number of carbonyl (C=O) groups excluding carboxylic acids is 6. The van der Waals surface area contributed by atoms with Gasteiger partial charge in [-0.2, -0.15) is 0 Å². The number of nitrogens with one attached hydrogen (secondary N) is 2. The molecular weight excluding hydrogens is 1180 g/mol. The summed E-state index contributed by atoms with van der Waals surface area (Å²) in [5.74, 6) is -6.38. The topological polar surface area (TPSA) is 463 Å². The van der Waals surface area contributed by atoms with Crippen molar-refractivity contribution < 1.29 is 67.3 Å². The molecule has 0 spiro atoms. The van der Waals surface area contributed by atoms with Gasteiger partial charge < -0.3 is 74.6 Å². The van der Waals surface area contributed by atoms with E-state index < -0.39 is 144 Å². The lowest BCUT2D eigenvalue weighted by molar-refractivity contribution is -0.124. The van der Waals surface area contributed by atoms with Crippen LogP contribution in [0.1, 0.15) is 150 Å². The summed E-state index contributed by atoms with van der Waals surface area (Å²) in [5, 5.41) is 39.0. The fraction of sp³-hybridized carbons (Fsp3) is 0.645. The van der Waals surface area contributed by atoms with E-state index in [0.717, 1.165) is 11.1 Å². The summed E-state index contributed by atoms with van der Waals surface area (Å²) in [5.41, 5.74) is 37.9. The van der Waals surface area contributed by atoms with Crippen LogP contribution in [0.15, 0.2) is 67.8 Å². The van der Waals surface area contributed by atoms with Gasteiger partial charge in [0.05, 0.1) is 41.7 Å². The predicted molar refractivity (Wildman–Crippen MR) is 335 cm³/mol. The Hall–Kier alpha value is -6.55. The molecule has 2 aromatic rings. The van der Waals surface area contributed by atoms with Crippen LogP contribution >= 0.6 is 7.82 Å². The van der Waals surface area contributed by atoms with Crippen LogP contribution in [0, 0.1) is 59.2 Å². The van der Waals surface area contributed by atoms with Gasteiger partial charge in [0.15, 0.2) is 6.23 Å². The molecule has 6 aliphatic rings. The van der Waals surface area contributed by atoms with Gasteiger partial charge in [-0.25, -0.2) is 9.55 Å². The summed E-state index contributed by atoms with van der Waals surface area (Å²) in [6.45, 7) is 19.4. The van der Waals surface area contributed by atoms with Crippen molar-refractivity contribution in [2.45, 2.75) is 195 Å². The van der Waals surface area contributed by atoms with Crippen molar-refractivity contribution in [1.29, 1.82) is 0 Å². The highest BCUT2D eigenvalue weighted by molar-refractivity contribution is 7.47. The van der Waals surface area contributed by atoms with Crippen LogP contribution in [0.5, 0.6) is 0 Å². The van der Waals surface area contributed by atoms with Crippen molar-refractivity contribution >= 4 is 71.4 Å². The van der Waals surface area contributed by atoms with Gasteiger partial charge in [0.1, 0.15) is 24.5 Å². The molecule has 8 bridgehead atoms. The Morgan fingerprint density at radius 1 is 0.844 bits per heavy atom. The number of imidazole rings is 1. The first-order valence-corrected chi connectivity index (χ1v) is 32.2. The number of phosphoric acid groups is 1. The highest BCUT2D eigenvalue weighted by atomic mass is 31.2. The molecule has 1 aromatic heterocycles. The van der Waals surface area contributed by atoms with Crippen LogP contribution in [-0.2, 0) is 47.1 Å². The van der Waals surface area contributed by atoms with Gasteiger partial charge in [-0.15, -0.1) is 0 Å². The molecule has 2 saturated heterocycles. The van der Waals surface area contributed by atoms with Gasteiger partial charge in [0, 0.05) is 125 Å². The van der Waals surface area contributed by atoms with E-state index in [1.54, 1.807) is 4.57 Å². The van der Waals surface area contributed by atoms with Crippen LogP contribution in [0.25, 0.3) is 11.0 Å². The zero-order valence-electron chi connectivity index (χ0n) is 53.4. The number of rotatable bonds is 26. The number of carbonyl (C=O) groups is 6. The zero-order valence-corrected chi connectivity index (χ0v) is 54.3. The number of nitrogens with zero attached hydrogens (tertiary/aromatic N) is 5. The molecule has 0 saturated carbocycles. The van der Waals surface area contributed by atoms with Crippen molar-refractivity contribution in [3.63, 3.8) is 0 Å². The molecule has 90 heavy (non-hydrogen) atoms. The van der Waals surface area contributed by atoms with E-state index in [1.165, 1.54) is 13.3 Å². The normalized spacial score (nSPS) is 33.3. The van der Waals surface area contributed by atoms with Gasteiger partial charge in [0.2, 0.25) is 35.4 Å². The number of primary amides is 5. The van der Waals surface area contributed by atoms with E-state index in [2.05, 4.69) is 15.6 Å². The summed E-state index contributed by atoms with van der Waals surface area (Å²) in [6, 6.07) is 2.72. The molecule has 2 unspecified atom stereocenters. The Labute approximate surface area is 524 Å². The number of hydrogen-bond donors (Lipinski definition) is 12. The molecule has 8 rings (SSSR count). The molecule has 28 heteroatoms. The van der Waals surface area contributed by atoms with Crippen LogP contribution in [0.4, 0.5) is 0 Å². The van der Waals surface area contributed by atoms with Crippen molar-refractivity contribution in [2.24, 2.45) is 94.7 Å². The number of fused-ring (bicyclic) bond motifs is 7. The van der Waals surface area contributed by atoms with E-state index in [-0.39, 0.29) is 77.2 Å². The number of hydrogen-bond acceptors (Lipinski definition) is 19. The lowest BCUT2D eigenvalue weighted by Crippen LogP contribution is -2.56. The van der Waals surface area contributed by atoms with Gasteiger partial charge >= 0.3 is 7.82 Å². The van der Waals surface area contributed by atoms with Crippen molar-refractivity contribution in [3.05, 3.63) is 63.9 Å². The summed E-state index contributed by atoms with van der Waals surface area (Å²) >= 11 is 0. The Bertz CT molecular complexity index is 3480. The first-order valence-electron chi connectivity index (χ1n) is 30.7. The lowest BCUT2D eigenvalue weighted by atomic mass is 9.55. The molecule has 6 amide bonds. The second-order valence-corrected chi connectivity index (χ2v) is 28.6. The Morgan fingerprint density at radius 2 is 1.48 bits per heavy atom. The number of aliphatic hydroxyl groups excluding tert-OH is 3. The highest BCUT2D eigenvalue weighted by Crippen LogP contribution is 2.63. The van der Waals surface area contributed by atoms with Crippen LogP contribution < -0.4 is 45.0 Å². The third kappa shape index (κ3) is 13.1. The Kier molecular flexibility index (Phi) is 19.9. The third-order valence-corrected chi connectivity index (χ3v) is 21.8. The quantitative estimate of drug-likeness (QED) is 0.0476. The standard InChI is InChI=1S/C62H92N13O14P/c1-29-20-39-40(21-30(29)2)75(28-70-39)57-52(84)53(41(27-76)87-57)89-90(85,86)88-31(3)26-69-49(83)18-19-59(8)37(22-46(66)80)56-62(11)61(10,25-48(68)82)36(14-17-45(65)79)51(74-62)33(5)55-60(9,24-47(67)81)34(12-15-43(63)77)38(71-55)23-42-58(6,7)35(13-16-44(64)78)50(72-42)32(4)54(59)73-56/h20-21,23,28,31,34-37,41,45,52-53,56-57,71,76,79,84H,12-19,22,24-27,65H2,1-11H3,(H2,63,77)(H2,64,78)(H2,66,80)(H2,67,81)(H2,68,82)(H,69,83)(H,85,86)/b38-23?,50-32?,55-33-/t31-,34-,35-,36-,37+,41-,45?,52-,53-,56-,57+,59-,60+,61+,62+/m1/s1. The number of aromatic nitrogens is 2. The number of aryl methyl sites for hydroxylation is 2. The molecule has 494 valence electrons. The molecular formula is C62H92N13O14P. The molecule has 27 nitrogen and oxygen atoms in total. The van der Waals surface area contributed by atoms with E-state index in [4.69, 9.17) is 63.2 Å². The maximum atomic E-state index is 14.4. The monoisotopic (exact) mass is 1270 g/mol. The van der Waals surface area contributed by atoms with Gasteiger partial charge in [-0.1, -0.05) is 34.6 Å². The molecule has 2 fully saturated rings. The fourth-order valence-corrected chi connectivity index (χ4v) is 16.6. The summed E-state index contributed by atoms with van der Waals surface area (Å²) < 4.78 is 32.3. The minimum atomic E-state index is -5.06. The van der Waals surface area contributed by atoms with Crippen LogP contribution in [0.3, 0.4) is 0 Å². The molecule has 18 N–H and O–H groups in total. The first-order chi connectivity index (χ1) is 41.8.